The maximum absolute atomic E-state index is 13.5. The summed E-state index contributed by atoms with van der Waals surface area (Å²) in [4.78, 5) is 28.1. The number of carbonyl (C=O) groups excluding carboxylic acids is 2. The summed E-state index contributed by atoms with van der Waals surface area (Å²) >= 11 is 6.04. The summed E-state index contributed by atoms with van der Waals surface area (Å²) in [6, 6.07) is 21.5. The van der Waals surface area contributed by atoms with Crippen molar-refractivity contribution < 1.29 is 14.3 Å². The van der Waals surface area contributed by atoms with E-state index in [0.29, 0.717) is 39.2 Å². The molecule has 0 saturated carbocycles. The summed E-state index contributed by atoms with van der Waals surface area (Å²) < 4.78 is 5.20. The fourth-order valence-corrected chi connectivity index (χ4v) is 3.72. The van der Waals surface area contributed by atoms with Crippen LogP contribution in [-0.2, 0) is 9.59 Å². The van der Waals surface area contributed by atoms with E-state index in [4.69, 9.17) is 16.3 Å². The second-order valence-corrected chi connectivity index (χ2v) is 8.24. The van der Waals surface area contributed by atoms with Crippen molar-refractivity contribution in [1.82, 2.24) is 0 Å². The number of methoxy groups -OCH3 is 1. The molecular formula is C26H23ClN2O3. The summed E-state index contributed by atoms with van der Waals surface area (Å²) in [5.41, 5.74) is 3.47. The first-order valence-electron chi connectivity index (χ1n) is 10.3. The van der Waals surface area contributed by atoms with Crippen LogP contribution in [0.25, 0.3) is 5.57 Å². The van der Waals surface area contributed by atoms with Gasteiger partial charge in [0, 0.05) is 10.7 Å². The van der Waals surface area contributed by atoms with Gasteiger partial charge in [0.25, 0.3) is 11.8 Å². The largest absolute Gasteiger partial charge is 0.497 e. The molecule has 0 bridgehead atoms. The molecule has 1 aliphatic heterocycles. The lowest BCUT2D eigenvalue weighted by Crippen LogP contribution is -2.32. The summed E-state index contributed by atoms with van der Waals surface area (Å²) in [6.45, 7) is 4.19. The number of imide groups is 1. The summed E-state index contributed by atoms with van der Waals surface area (Å²) in [5.74, 6) is 0.255. The summed E-state index contributed by atoms with van der Waals surface area (Å²) in [6.07, 6.45) is 0. The molecule has 5 nitrogen and oxygen atoms in total. The van der Waals surface area contributed by atoms with Crippen molar-refractivity contribution in [3.63, 3.8) is 0 Å². The average Bonchev–Trinajstić information content (AvgIpc) is 3.04. The molecule has 2 amide bonds. The molecule has 4 rings (SSSR count). The van der Waals surface area contributed by atoms with Crippen LogP contribution in [0.15, 0.2) is 78.5 Å². The number of anilines is 2. The minimum Gasteiger partial charge on any atom is -0.497 e. The Morgan fingerprint density at radius 2 is 1.47 bits per heavy atom. The number of hydrogen-bond donors (Lipinski definition) is 1. The molecule has 0 aliphatic carbocycles. The van der Waals surface area contributed by atoms with Crippen LogP contribution in [0.2, 0.25) is 5.02 Å². The fraction of sp³-hybridized carbons (Fsp3) is 0.154. The zero-order valence-corrected chi connectivity index (χ0v) is 18.8. The Bertz CT molecular complexity index is 1180. The Morgan fingerprint density at radius 1 is 0.844 bits per heavy atom. The molecule has 0 atom stereocenters. The Kier molecular flexibility index (Phi) is 6.01. The van der Waals surface area contributed by atoms with E-state index in [1.807, 2.05) is 12.1 Å². The van der Waals surface area contributed by atoms with Gasteiger partial charge in [-0.1, -0.05) is 49.7 Å². The minimum atomic E-state index is -0.409. The van der Waals surface area contributed by atoms with Crippen molar-refractivity contribution in [3.8, 4) is 5.75 Å². The van der Waals surface area contributed by atoms with Gasteiger partial charge in [-0.25, -0.2) is 4.90 Å². The number of halogens is 1. The number of benzene rings is 3. The number of nitrogens with zero attached hydrogens (tertiary/aromatic N) is 1. The molecular weight excluding hydrogens is 424 g/mol. The average molecular weight is 447 g/mol. The topological polar surface area (TPSA) is 58.6 Å². The van der Waals surface area contributed by atoms with E-state index in [9.17, 15) is 9.59 Å². The van der Waals surface area contributed by atoms with E-state index in [2.05, 4.69) is 19.2 Å². The lowest BCUT2D eigenvalue weighted by molar-refractivity contribution is -0.120. The molecule has 0 fully saturated rings. The third-order valence-corrected chi connectivity index (χ3v) is 5.65. The highest BCUT2D eigenvalue weighted by atomic mass is 35.5. The molecule has 6 heteroatoms. The monoisotopic (exact) mass is 446 g/mol. The van der Waals surface area contributed by atoms with Gasteiger partial charge in [0.2, 0.25) is 0 Å². The van der Waals surface area contributed by atoms with Crippen LogP contribution in [-0.4, -0.2) is 18.9 Å². The molecule has 1 heterocycles. The molecule has 0 radical (unpaired) electrons. The Morgan fingerprint density at radius 3 is 2.03 bits per heavy atom. The molecule has 3 aromatic rings. The Balaban J connectivity index is 1.76. The second-order valence-electron chi connectivity index (χ2n) is 7.80. The van der Waals surface area contributed by atoms with Crippen LogP contribution in [0.3, 0.4) is 0 Å². The van der Waals surface area contributed by atoms with Crippen LogP contribution in [0, 0.1) is 0 Å². The minimum absolute atomic E-state index is 0.218. The lowest BCUT2D eigenvalue weighted by atomic mass is 10.0. The van der Waals surface area contributed by atoms with Crippen molar-refractivity contribution in [2.24, 2.45) is 0 Å². The van der Waals surface area contributed by atoms with Gasteiger partial charge >= 0.3 is 0 Å². The van der Waals surface area contributed by atoms with Crippen LogP contribution >= 0.6 is 11.6 Å². The number of ether oxygens (including phenoxy) is 1. The number of rotatable bonds is 6. The Labute approximate surface area is 192 Å². The van der Waals surface area contributed by atoms with Crippen molar-refractivity contribution in [1.29, 1.82) is 0 Å². The normalized spacial score (nSPS) is 13.8. The first kappa shape index (κ1) is 21.7. The SMILES string of the molecule is COc1ccc(NC2=C(c3ccc(Cl)cc3)C(=O)N(c3ccc(C(C)C)cc3)C2=O)cc1. The molecule has 1 aliphatic rings. The van der Waals surface area contributed by atoms with E-state index in [0.717, 1.165) is 5.56 Å². The maximum Gasteiger partial charge on any atom is 0.282 e. The fourth-order valence-electron chi connectivity index (χ4n) is 3.59. The first-order chi connectivity index (χ1) is 15.4. The number of carbonyl (C=O) groups is 2. The standard InChI is InChI=1S/C26H23ClN2O3/c1-16(2)17-6-12-21(13-7-17)29-25(30)23(18-4-8-19(27)9-5-18)24(26(29)31)28-20-10-14-22(32-3)15-11-20/h4-16,28H,1-3H3. The molecule has 0 saturated heterocycles. The van der Waals surface area contributed by atoms with Crippen LogP contribution < -0.4 is 15.0 Å². The third-order valence-electron chi connectivity index (χ3n) is 5.39. The van der Waals surface area contributed by atoms with E-state index in [-0.39, 0.29) is 11.6 Å². The molecule has 0 unspecified atom stereocenters. The van der Waals surface area contributed by atoms with Crippen LogP contribution in [0.5, 0.6) is 5.75 Å². The highest BCUT2D eigenvalue weighted by molar-refractivity contribution is 6.46. The highest BCUT2D eigenvalue weighted by Gasteiger charge is 2.40. The van der Waals surface area contributed by atoms with E-state index in [1.165, 1.54) is 4.90 Å². The smallest absolute Gasteiger partial charge is 0.282 e. The highest BCUT2D eigenvalue weighted by Crippen LogP contribution is 2.35. The summed E-state index contributed by atoms with van der Waals surface area (Å²) in [7, 11) is 1.59. The second kappa shape index (κ2) is 8.89. The molecule has 162 valence electrons. The van der Waals surface area contributed by atoms with Gasteiger partial charge in [0.15, 0.2) is 0 Å². The van der Waals surface area contributed by atoms with Crippen LogP contribution in [0.1, 0.15) is 30.9 Å². The van der Waals surface area contributed by atoms with Gasteiger partial charge in [-0.3, -0.25) is 9.59 Å². The van der Waals surface area contributed by atoms with E-state index < -0.39 is 5.91 Å². The number of amides is 2. The first-order valence-corrected chi connectivity index (χ1v) is 10.7. The molecule has 3 aromatic carbocycles. The van der Waals surface area contributed by atoms with Crippen molar-refractivity contribution in [2.45, 2.75) is 19.8 Å². The predicted octanol–water partition coefficient (Wildman–Crippen LogP) is 5.87. The van der Waals surface area contributed by atoms with Crippen molar-refractivity contribution in [3.05, 3.63) is 94.6 Å². The van der Waals surface area contributed by atoms with Crippen molar-refractivity contribution >= 4 is 40.4 Å². The molecule has 1 N–H and O–H groups in total. The maximum atomic E-state index is 13.5. The molecule has 0 aromatic heterocycles. The third kappa shape index (κ3) is 4.12. The molecule has 0 spiro atoms. The quantitative estimate of drug-likeness (QED) is 0.481. The number of nitrogens with one attached hydrogen (secondary N) is 1. The van der Waals surface area contributed by atoms with Gasteiger partial charge in [-0.05, 0) is 65.6 Å². The zero-order valence-electron chi connectivity index (χ0n) is 18.1. The van der Waals surface area contributed by atoms with Crippen molar-refractivity contribution in [2.75, 3.05) is 17.3 Å². The van der Waals surface area contributed by atoms with Gasteiger partial charge in [-0.15, -0.1) is 0 Å². The van der Waals surface area contributed by atoms with Gasteiger partial charge < -0.3 is 10.1 Å². The number of hydrogen-bond acceptors (Lipinski definition) is 4. The Hall–Kier alpha value is -3.57. The molecule has 32 heavy (non-hydrogen) atoms. The van der Waals surface area contributed by atoms with Gasteiger partial charge in [-0.2, -0.15) is 0 Å². The predicted molar refractivity (Wildman–Crippen MR) is 128 cm³/mol. The van der Waals surface area contributed by atoms with E-state index >= 15 is 0 Å². The van der Waals surface area contributed by atoms with Gasteiger partial charge in [0.1, 0.15) is 11.4 Å². The van der Waals surface area contributed by atoms with Crippen LogP contribution in [0.4, 0.5) is 11.4 Å². The van der Waals surface area contributed by atoms with E-state index in [1.54, 1.807) is 67.8 Å². The zero-order chi connectivity index (χ0) is 22.8. The lowest BCUT2D eigenvalue weighted by Gasteiger charge is -2.16. The summed E-state index contributed by atoms with van der Waals surface area (Å²) in [5, 5.41) is 3.70. The van der Waals surface area contributed by atoms with Gasteiger partial charge in [0.05, 0.1) is 18.4 Å².